The second kappa shape index (κ2) is 8.79. The number of hydrogen-bond acceptors (Lipinski definition) is 6. The standard InChI is InChI=1S/C19H25N5O2.CH4O/c1-19(10-26-11-19)16-8-14(18(25)21-13-6-4-3-5-7-13)22-17(23-16)15-9-20-12-24(15)2;1-2/h8-9,12-13H,3-7,10-11H2,1-2H3,(H,21,25);2H,1H3. The van der Waals surface area contributed by atoms with E-state index in [2.05, 4.69) is 22.2 Å². The molecule has 2 fully saturated rings. The zero-order valence-corrected chi connectivity index (χ0v) is 16.8. The van der Waals surface area contributed by atoms with Crippen LogP contribution in [0.2, 0.25) is 0 Å². The average Bonchev–Trinajstić information content (AvgIpc) is 3.14. The smallest absolute Gasteiger partial charge is 0.270 e. The van der Waals surface area contributed by atoms with Crippen molar-refractivity contribution < 1.29 is 14.6 Å². The first-order chi connectivity index (χ1) is 13.5. The van der Waals surface area contributed by atoms with Crippen LogP contribution in [0.25, 0.3) is 11.5 Å². The summed E-state index contributed by atoms with van der Waals surface area (Å²) in [6.07, 6.45) is 9.13. The monoisotopic (exact) mass is 387 g/mol. The van der Waals surface area contributed by atoms with Crippen LogP contribution < -0.4 is 5.32 Å². The third kappa shape index (κ3) is 4.23. The lowest BCUT2D eigenvalue weighted by molar-refractivity contribution is -0.0521. The summed E-state index contributed by atoms with van der Waals surface area (Å²) in [5, 5.41) is 10.2. The molecule has 2 aliphatic rings. The number of hydrogen-bond donors (Lipinski definition) is 2. The van der Waals surface area contributed by atoms with Crippen molar-refractivity contribution >= 4 is 5.91 Å². The third-order valence-corrected chi connectivity index (χ3v) is 5.40. The zero-order valence-electron chi connectivity index (χ0n) is 16.8. The van der Waals surface area contributed by atoms with E-state index in [0.717, 1.165) is 31.3 Å². The number of amides is 1. The van der Waals surface area contributed by atoms with E-state index >= 15 is 0 Å². The number of aryl methyl sites for hydroxylation is 1. The van der Waals surface area contributed by atoms with Crippen LogP contribution in [0.5, 0.6) is 0 Å². The van der Waals surface area contributed by atoms with Crippen molar-refractivity contribution in [3.63, 3.8) is 0 Å². The van der Waals surface area contributed by atoms with Gasteiger partial charge in [0.15, 0.2) is 5.82 Å². The van der Waals surface area contributed by atoms with Gasteiger partial charge in [0.05, 0.1) is 36.8 Å². The molecule has 2 aromatic heterocycles. The number of nitrogens with zero attached hydrogens (tertiary/aromatic N) is 4. The summed E-state index contributed by atoms with van der Waals surface area (Å²) in [6.45, 7) is 3.33. The molecule has 0 unspecified atom stereocenters. The Bertz CT molecular complexity index is 810. The molecule has 0 atom stereocenters. The maximum Gasteiger partial charge on any atom is 0.270 e. The molecular formula is C20H29N5O3. The molecule has 8 nitrogen and oxygen atoms in total. The lowest BCUT2D eigenvalue weighted by Gasteiger charge is -2.37. The van der Waals surface area contributed by atoms with Crippen molar-refractivity contribution in [2.75, 3.05) is 20.3 Å². The van der Waals surface area contributed by atoms with E-state index in [9.17, 15) is 4.79 Å². The van der Waals surface area contributed by atoms with E-state index in [1.54, 1.807) is 12.5 Å². The normalized spacial score (nSPS) is 18.6. The summed E-state index contributed by atoms with van der Waals surface area (Å²) in [5.74, 6) is 0.414. The third-order valence-electron chi connectivity index (χ3n) is 5.40. The Balaban J connectivity index is 0.00000109. The summed E-state index contributed by atoms with van der Waals surface area (Å²) in [5.41, 5.74) is 1.90. The average molecular weight is 387 g/mol. The summed E-state index contributed by atoms with van der Waals surface area (Å²) in [4.78, 5) is 26.3. The molecule has 1 saturated carbocycles. The SMILES string of the molecule is CO.Cn1cncc1-c1nc(C(=O)NC2CCCCC2)cc(C2(C)COC2)n1. The minimum absolute atomic E-state index is 0.118. The van der Waals surface area contributed by atoms with Gasteiger partial charge in [0.2, 0.25) is 0 Å². The number of carbonyl (C=O) groups is 1. The molecule has 1 saturated heterocycles. The van der Waals surface area contributed by atoms with Gasteiger partial charge in [-0.1, -0.05) is 19.3 Å². The predicted octanol–water partition coefficient (Wildman–Crippen LogP) is 1.84. The van der Waals surface area contributed by atoms with E-state index < -0.39 is 0 Å². The highest BCUT2D eigenvalue weighted by molar-refractivity contribution is 5.93. The Morgan fingerprint density at radius 1 is 1.25 bits per heavy atom. The van der Waals surface area contributed by atoms with Crippen LogP contribution >= 0.6 is 0 Å². The number of aliphatic hydroxyl groups excluding tert-OH is 1. The van der Waals surface area contributed by atoms with Crippen LogP contribution in [0.1, 0.15) is 55.2 Å². The lowest BCUT2D eigenvalue weighted by Crippen LogP contribution is -2.45. The van der Waals surface area contributed by atoms with Crippen molar-refractivity contribution in [1.82, 2.24) is 24.8 Å². The van der Waals surface area contributed by atoms with Gasteiger partial charge in [-0.15, -0.1) is 0 Å². The second-order valence-corrected chi connectivity index (χ2v) is 7.71. The molecular weight excluding hydrogens is 358 g/mol. The predicted molar refractivity (Wildman–Crippen MR) is 105 cm³/mol. The van der Waals surface area contributed by atoms with Crippen LogP contribution in [0.4, 0.5) is 0 Å². The molecule has 0 aromatic carbocycles. The molecule has 1 aliphatic carbocycles. The Kier molecular flexibility index (Phi) is 6.41. The van der Waals surface area contributed by atoms with Crippen molar-refractivity contribution in [2.24, 2.45) is 7.05 Å². The summed E-state index contributed by atoms with van der Waals surface area (Å²) in [7, 11) is 2.90. The highest BCUT2D eigenvalue weighted by Crippen LogP contribution is 2.32. The van der Waals surface area contributed by atoms with E-state index in [1.807, 2.05) is 17.7 Å². The fraction of sp³-hybridized carbons (Fsp3) is 0.600. The molecule has 4 rings (SSSR count). The Hall–Kier alpha value is -2.32. The molecule has 8 heteroatoms. The fourth-order valence-corrected chi connectivity index (χ4v) is 3.62. The summed E-state index contributed by atoms with van der Waals surface area (Å²) < 4.78 is 7.25. The van der Waals surface area contributed by atoms with Crippen LogP contribution in [0.3, 0.4) is 0 Å². The van der Waals surface area contributed by atoms with Crippen molar-refractivity contribution in [1.29, 1.82) is 0 Å². The Morgan fingerprint density at radius 3 is 2.54 bits per heavy atom. The number of imidazole rings is 1. The van der Waals surface area contributed by atoms with E-state index in [4.69, 9.17) is 14.8 Å². The number of aromatic nitrogens is 4. The van der Waals surface area contributed by atoms with Crippen molar-refractivity contribution in [3.05, 3.63) is 30.0 Å². The molecule has 1 amide bonds. The number of carbonyl (C=O) groups excluding carboxylic acids is 1. The van der Waals surface area contributed by atoms with Gasteiger partial charge in [-0.25, -0.2) is 15.0 Å². The highest BCUT2D eigenvalue weighted by Gasteiger charge is 2.38. The molecule has 0 spiro atoms. The van der Waals surface area contributed by atoms with Gasteiger partial charge in [0.25, 0.3) is 5.91 Å². The Labute approximate surface area is 165 Å². The molecule has 28 heavy (non-hydrogen) atoms. The highest BCUT2D eigenvalue weighted by atomic mass is 16.5. The molecule has 2 aromatic rings. The summed E-state index contributed by atoms with van der Waals surface area (Å²) in [6, 6.07) is 2.07. The quantitative estimate of drug-likeness (QED) is 0.830. The molecule has 1 aliphatic heterocycles. The van der Waals surface area contributed by atoms with Crippen LogP contribution in [-0.4, -0.2) is 56.9 Å². The van der Waals surface area contributed by atoms with Gasteiger partial charge in [-0.3, -0.25) is 4.79 Å². The second-order valence-electron chi connectivity index (χ2n) is 7.71. The van der Waals surface area contributed by atoms with Gasteiger partial charge in [0.1, 0.15) is 11.4 Å². The molecule has 3 heterocycles. The maximum absolute atomic E-state index is 12.9. The maximum atomic E-state index is 12.9. The first kappa shape index (κ1) is 20.4. The van der Waals surface area contributed by atoms with Crippen LogP contribution in [0, 0.1) is 0 Å². The van der Waals surface area contributed by atoms with Gasteiger partial charge < -0.3 is 19.7 Å². The molecule has 152 valence electrons. The number of nitrogens with one attached hydrogen (secondary N) is 1. The fourth-order valence-electron chi connectivity index (χ4n) is 3.62. The topological polar surface area (TPSA) is 102 Å². The molecule has 0 bridgehead atoms. The lowest BCUT2D eigenvalue weighted by atomic mass is 9.84. The molecule has 0 radical (unpaired) electrons. The van der Waals surface area contributed by atoms with Crippen LogP contribution in [0.15, 0.2) is 18.6 Å². The largest absolute Gasteiger partial charge is 0.400 e. The van der Waals surface area contributed by atoms with Gasteiger partial charge >= 0.3 is 0 Å². The zero-order chi connectivity index (χ0) is 20.1. The summed E-state index contributed by atoms with van der Waals surface area (Å²) >= 11 is 0. The van der Waals surface area contributed by atoms with E-state index in [-0.39, 0.29) is 17.4 Å². The Morgan fingerprint density at radius 2 is 1.96 bits per heavy atom. The number of aliphatic hydroxyl groups is 1. The van der Waals surface area contributed by atoms with Gasteiger partial charge in [0, 0.05) is 20.2 Å². The molecule has 2 N–H and O–H groups in total. The van der Waals surface area contributed by atoms with Crippen molar-refractivity contribution in [3.8, 4) is 11.5 Å². The minimum Gasteiger partial charge on any atom is -0.400 e. The first-order valence-corrected chi connectivity index (χ1v) is 9.75. The van der Waals surface area contributed by atoms with Gasteiger partial charge in [-0.2, -0.15) is 0 Å². The van der Waals surface area contributed by atoms with E-state index in [1.165, 1.54) is 19.3 Å². The first-order valence-electron chi connectivity index (χ1n) is 9.75. The van der Waals surface area contributed by atoms with E-state index in [0.29, 0.717) is 24.7 Å². The van der Waals surface area contributed by atoms with Gasteiger partial charge in [-0.05, 0) is 25.8 Å². The number of rotatable bonds is 4. The minimum atomic E-state index is -0.170. The number of ether oxygens (including phenoxy) is 1. The van der Waals surface area contributed by atoms with Crippen LogP contribution in [-0.2, 0) is 17.2 Å². The van der Waals surface area contributed by atoms with Crippen molar-refractivity contribution in [2.45, 2.75) is 50.5 Å².